The van der Waals surface area contributed by atoms with Crippen LogP contribution in [0.25, 0.3) is 0 Å². The molecule has 3 aromatic rings. The van der Waals surface area contributed by atoms with Crippen LogP contribution in [-0.2, 0) is 16.0 Å². The average molecular weight is 686 g/mol. The molecule has 12 nitrogen and oxygen atoms in total. The van der Waals surface area contributed by atoms with Gasteiger partial charge in [0.15, 0.2) is 0 Å². The van der Waals surface area contributed by atoms with E-state index in [1.807, 2.05) is 18.2 Å². The average Bonchev–Trinajstić information content (AvgIpc) is 3.89. The van der Waals surface area contributed by atoms with Gasteiger partial charge in [-0.2, -0.15) is 0 Å². The molecule has 7 rings (SSSR count). The Morgan fingerprint density at radius 3 is 2.43 bits per heavy atom. The second-order valence-corrected chi connectivity index (χ2v) is 13.9. The van der Waals surface area contributed by atoms with E-state index in [0.717, 1.165) is 24.0 Å². The normalized spacial score (nSPS) is 23.3. The number of likely N-dealkylation sites (tertiary alicyclic amines) is 1. The highest BCUT2D eigenvalue weighted by molar-refractivity contribution is 7.11. The van der Waals surface area contributed by atoms with E-state index in [9.17, 15) is 29.1 Å². The number of thiazole rings is 1. The summed E-state index contributed by atoms with van der Waals surface area (Å²) >= 11 is 1.30. The van der Waals surface area contributed by atoms with Gasteiger partial charge in [0.25, 0.3) is 17.7 Å². The van der Waals surface area contributed by atoms with Crippen molar-refractivity contribution < 1.29 is 33.8 Å². The predicted molar refractivity (Wildman–Crippen MR) is 179 cm³/mol. The number of rotatable bonds is 9. The number of carbonyl (C=O) groups is 5. The Labute approximate surface area is 288 Å². The third-order valence-corrected chi connectivity index (χ3v) is 11.0. The Kier molecular flexibility index (Phi) is 9.46. The van der Waals surface area contributed by atoms with Gasteiger partial charge in [-0.1, -0.05) is 37.1 Å². The molecule has 1 saturated heterocycles. The quantitative estimate of drug-likeness (QED) is 0.327. The Bertz CT molecular complexity index is 1730. The molecule has 0 radical (unpaired) electrons. The Hall–Kier alpha value is -4.62. The first kappa shape index (κ1) is 32.9. The first-order chi connectivity index (χ1) is 23.9. The van der Waals surface area contributed by atoms with Crippen LogP contribution in [0.2, 0.25) is 0 Å². The summed E-state index contributed by atoms with van der Waals surface area (Å²) in [7, 11) is 0. The molecule has 4 heterocycles. The predicted octanol–water partition coefficient (Wildman–Crippen LogP) is 3.07. The molecule has 4 atom stereocenters. The molecule has 1 saturated carbocycles. The maximum absolute atomic E-state index is 14.6. The van der Waals surface area contributed by atoms with Crippen molar-refractivity contribution in [2.24, 2.45) is 11.8 Å². The highest BCUT2D eigenvalue weighted by Gasteiger charge is 2.45. The van der Waals surface area contributed by atoms with Gasteiger partial charge in [-0.15, -0.1) is 11.3 Å². The fourth-order valence-corrected chi connectivity index (χ4v) is 8.39. The molecule has 13 heteroatoms. The molecule has 3 aliphatic heterocycles. The van der Waals surface area contributed by atoms with Crippen LogP contribution in [-0.4, -0.2) is 99.8 Å². The van der Waals surface area contributed by atoms with E-state index in [1.54, 1.807) is 45.8 Å². The summed E-state index contributed by atoms with van der Waals surface area (Å²) < 4.78 is 6.64. The van der Waals surface area contributed by atoms with Crippen molar-refractivity contribution in [1.82, 2.24) is 25.0 Å². The number of ether oxygens (including phenoxy) is 1. The van der Waals surface area contributed by atoms with Gasteiger partial charge < -0.3 is 25.0 Å². The zero-order valence-corrected chi connectivity index (χ0v) is 27.9. The third-order valence-electron chi connectivity index (χ3n) is 10.2. The SMILES string of the molecule is O=C(NCCO)[C@H]1CCCC[C@H]1C(=O)N1CCc2cccc(O[C@H]3CCN(C(=O)c4cncs4)C3)c2[C@H]1CN1C(=O)c2ccccc2C1=O. The van der Waals surface area contributed by atoms with Crippen molar-refractivity contribution in [2.45, 2.75) is 50.7 Å². The molecular weight excluding hydrogens is 646 g/mol. The first-order valence-corrected chi connectivity index (χ1v) is 17.8. The molecule has 4 aliphatic rings. The number of hydrogen-bond donors (Lipinski definition) is 2. The molecule has 0 unspecified atom stereocenters. The lowest BCUT2D eigenvalue weighted by Gasteiger charge is -2.43. The number of aromatic nitrogens is 1. The van der Waals surface area contributed by atoms with Crippen LogP contribution < -0.4 is 10.1 Å². The number of aliphatic hydroxyl groups excluding tert-OH is 1. The number of benzene rings is 2. The lowest BCUT2D eigenvalue weighted by atomic mass is 9.77. The van der Waals surface area contributed by atoms with E-state index in [4.69, 9.17) is 4.74 Å². The number of aliphatic hydroxyl groups is 1. The van der Waals surface area contributed by atoms with Crippen LogP contribution >= 0.6 is 11.3 Å². The maximum atomic E-state index is 14.6. The Balaban J connectivity index is 1.20. The lowest BCUT2D eigenvalue weighted by Crippen LogP contribution is -2.51. The number of hydrogen-bond acceptors (Lipinski definition) is 9. The number of amides is 5. The number of fused-ring (bicyclic) bond motifs is 2. The number of nitrogens with zero attached hydrogens (tertiary/aromatic N) is 4. The van der Waals surface area contributed by atoms with E-state index < -0.39 is 29.7 Å². The van der Waals surface area contributed by atoms with Crippen LogP contribution in [0.3, 0.4) is 0 Å². The smallest absolute Gasteiger partial charge is 0.265 e. The minimum Gasteiger partial charge on any atom is -0.488 e. The van der Waals surface area contributed by atoms with Gasteiger partial charge in [-0.25, -0.2) is 0 Å². The molecular formula is C36H39N5O7S. The topological polar surface area (TPSA) is 149 Å². The molecule has 2 N–H and O–H groups in total. The monoisotopic (exact) mass is 685 g/mol. The fraction of sp³-hybridized carbons (Fsp3) is 0.444. The molecule has 2 fully saturated rings. The van der Waals surface area contributed by atoms with E-state index in [-0.39, 0.29) is 43.5 Å². The van der Waals surface area contributed by atoms with E-state index in [0.29, 0.717) is 67.1 Å². The fourth-order valence-electron chi connectivity index (χ4n) is 7.80. The number of nitrogens with one attached hydrogen (secondary N) is 1. The molecule has 1 aliphatic carbocycles. The summed E-state index contributed by atoms with van der Waals surface area (Å²) in [6.07, 6.45) is 5.16. The molecule has 0 spiro atoms. The maximum Gasteiger partial charge on any atom is 0.265 e. The molecule has 49 heavy (non-hydrogen) atoms. The summed E-state index contributed by atoms with van der Waals surface area (Å²) in [5.41, 5.74) is 3.99. The van der Waals surface area contributed by atoms with E-state index in [2.05, 4.69) is 10.3 Å². The van der Waals surface area contributed by atoms with Crippen molar-refractivity contribution in [3.8, 4) is 5.75 Å². The zero-order chi connectivity index (χ0) is 34.1. The molecule has 1 aromatic heterocycles. The molecule has 5 amide bonds. The van der Waals surface area contributed by atoms with Gasteiger partial charge >= 0.3 is 0 Å². The third kappa shape index (κ3) is 6.32. The summed E-state index contributed by atoms with van der Waals surface area (Å²) in [4.78, 5) is 77.4. The minimum atomic E-state index is -0.714. The summed E-state index contributed by atoms with van der Waals surface area (Å²) in [6, 6.07) is 11.7. The van der Waals surface area contributed by atoms with Crippen molar-refractivity contribution in [3.63, 3.8) is 0 Å². The van der Waals surface area contributed by atoms with Crippen LogP contribution in [0.4, 0.5) is 0 Å². The largest absolute Gasteiger partial charge is 0.488 e. The van der Waals surface area contributed by atoms with Gasteiger partial charge in [0.2, 0.25) is 11.8 Å². The molecule has 0 bridgehead atoms. The summed E-state index contributed by atoms with van der Waals surface area (Å²) in [5.74, 6) is -1.91. The van der Waals surface area contributed by atoms with Crippen molar-refractivity contribution in [2.75, 3.05) is 39.3 Å². The van der Waals surface area contributed by atoms with Crippen molar-refractivity contribution in [1.29, 1.82) is 0 Å². The second kappa shape index (κ2) is 14.1. The molecule has 256 valence electrons. The van der Waals surface area contributed by atoms with E-state index >= 15 is 0 Å². The number of imide groups is 1. The minimum absolute atomic E-state index is 0.0692. The molecule has 2 aromatic carbocycles. The van der Waals surface area contributed by atoms with Gasteiger partial charge in [0.05, 0.1) is 48.6 Å². The van der Waals surface area contributed by atoms with Crippen molar-refractivity contribution in [3.05, 3.63) is 81.3 Å². The second-order valence-electron chi connectivity index (χ2n) is 13.1. The highest BCUT2D eigenvalue weighted by atomic mass is 32.1. The van der Waals surface area contributed by atoms with Gasteiger partial charge in [0, 0.05) is 43.5 Å². The standard InChI is InChI=1S/C36H39N5O7S/c42-17-14-38-32(43)24-7-1-2-8-25(24)33(44)40-16-12-22-6-5-11-29(48-23-13-15-39(19-23)36(47)30-18-37-21-49-30)31(22)28(40)20-41-34(45)26-9-3-4-10-27(26)35(41)46/h3-6,9-11,18,21,23-25,28,42H,1-2,7-8,12-17,19-20H2,(H,38,43)/t23-,24-,25+,28+/m0/s1. The van der Waals surface area contributed by atoms with E-state index in [1.165, 1.54) is 16.2 Å². The van der Waals surface area contributed by atoms with Crippen LogP contribution in [0.5, 0.6) is 5.75 Å². The van der Waals surface area contributed by atoms with Gasteiger partial charge in [0.1, 0.15) is 16.7 Å². The Morgan fingerprint density at radius 2 is 1.71 bits per heavy atom. The van der Waals surface area contributed by atoms with Crippen LogP contribution in [0.1, 0.15) is 79.7 Å². The van der Waals surface area contributed by atoms with Crippen LogP contribution in [0.15, 0.2) is 54.2 Å². The lowest BCUT2D eigenvalue weighted by molar-refractivity contribution is -0.146. The first-order valence-electron chi connectivity index (χ1n) is 17.0. The summed E-state index contributed by atoms with van der Waals surface area (Å²) in [6.45, 7) is 1.12. The Morgan fingerprint density at radius 1 is 0.959 bits per heavy atom. The van der Waals surface area contributed by atoms with Gasteiger partial charge in [-0.3, -0.25) is 33.9 Å². The number of carbonyl (C=O) groups excluding carboxylic acids is 5. The van der Waals surface area contributed by atoms with Crippen molar-refractivity contribution >= 4 is 40.9 Å². The zero-order valence-electron chi connectivity index (χ0n) is 27.1. The van der Waals surface area contributed by atoms with Gasteiger partial charge in [-0.05, 0) is 43.0 Å². The highest BCUT2D eigenvalue weighted by Crippen LogP contribution is 2.42. The van der Waals surface area contributed by atoms with Crippen LogP contribution in [0, 0.1) is 11.8 Å². The summed E-state index contributed by atoms with van der Waals surface area (Å²) in [5, 5.41) is 12.1.